The minimum absolute atomic E-state index is 0.0530. The Morgan fingerprint density at radius 2 is 2.36 bits per heavy atom. The molecule has 1 N–H and O–H groups in total. The van der Waals surface area contributed by atoms with E-state index in [0.717, 1.165) is 5.06 Å². The molecular formula is C16H15ClNO3S. The van der Waals surface area contributed by atoms with Gasteiger partial charge in [0.2, 0.25) is 0 Å². The van der Waals surface area contributed by atoms with E-state index >= 15 is 0 Å². The van der Waals surface area contributed by atoms with Crippen molar-refractivity contribution in [2.45, 2.75) is 26.3 Å². The van der Waals surface area contributed by atoms with Gasteiger partial charge in [-0.25, -0.2) is 0 Å². The number of thiophene rings is 1. The van der Waals surface area contributed by atoms with E-state index in [1.165, 1.54) is 11.3 Å². The number of aliphatic hydroxyl groups is 1. The van der Waals surface area contributed by atoms with E-state index in [4.69, 9.17) is 16.3 Å². The molecule has 1 aromatic rings. The lowest BCUT2D eigenvalue weighted by Gasteiger charge is -2.28. The van der Waals surface area contributed by atoms with Gasteiger partial charge in [0, 0.05) is 17.3 Å². The van der Waals surface area contributed by atoms with Gasteiger partial charge in [0.15, 0.2) is 5.06 Å². The Kier molecular flexibility index (Phi) is 4.02. The molecule has 1 aliphatic carbocycles. The number of hydrogen-bond acceptors (Lipinski definition) is 4. The third-order valence-electron chi connectivity index (χ3n) is 3.62. The monoisotopic (exact) mass is 336 g/mol. The van der Waals surface area contributed by atoms with Gasteiger partial charge < -0.3 is 14.7 Å². The van der Waals surface area contributed by atoms with Crippen LogP contribution in [0.25, 0.3) is 0 Å². The van der Waals surface area contributed by atoms with Gasteiger partial charge in [0.25, 0.3) is 5.91 Å². The summed E-state index contributed by atoms with van der Waals surface area (Å²) in [5.74, 6) is -0.0440. The second-order valence-corrected chi connectivity index (χ2v) is 6.43. The van der Waals surface area contributed by atoms with Crippen LogP contribution in [0.15, 0.2) is 40.3 Å². The van der Waals surface area contributed by atoms with Gasteiger partial charge in [-0.15, -0.1) is 0 Å². The number of carbonyl (C=O) groups is 1. The van der Waals surface area contributed by atoms with E-state index in [2.05, 4.69) is 6.08 Å². The van der Waals surface area contributed by atoms with Crippen LogP contribution >= 0.6 is 22.9 Å². The van der Waals surface area contributed by atoms with Crippen LogP contribution in [-0.2, 0) is 0 Å². The molecular weight excluding hydrogens is 322 g/mol. The largest absolute Gasteiger partial charge is 0.507 e. The van der Waals surface area contributed by atoms with E-state index in [1.807, 2.05) is 13.8 Å². The molecule has 0 saturated carbocycles. The molecule has 4 nitrogen and oxygen atoms in total. The van der Waals surface area contributed by atoms with Crippen LogP contribution in [0, 0.1) is 6.08 Å². The second kappa shape index (κ2) is 5.82. The average molecular weight is 337 g/mol. The first-order chi connectivity index (χ1) is 10.5. The zero-order chi connectivity index (χ0) is 15.9. The van der Waals surface area contributed by atoms with Gasteiger partial charge in [-0.3, -0.25) is 4.79 Å². The number of hydrogen-bond donors (Lipinski definition) is 1. The maximum absolute atomic E-state index is 12.8. The van der Waals surface area contributed by atoms with Crippen LogP contribution < -0.4 is 4.74 Å². The summed E-state index contributed by atoms with van der Waals surface area (Å²) in [6.45, 7) is 4.30. The smallest absolute Gasteiger partial charge is 0.268 e. The van der Waals surface area contributed by atoms with Crippen molar-refractivity contribution in [3.05, 3.63) is 51.2 Å². The number of allylic oxidation sites excluding steroid dienone is 2. The van der Waals surface area contributed by atoms with Crippen LogP contribution in [0.3, 0.4) is 0 Å². The molecule has 1 aromatic heterocycles. The molecule has 22 heavy (non-hydrogen) atoms. The van der Waals surface area contributed by atoms with Crippen molar-refractivity contribution < 1.29 is 14.6 Å². The average Bonchev–Trinajstić information content (AvgIpc) is 3.07. The van der Waals surface area contributed by atoms with Crippen LogP contribution in [0.1, 0.15) is 29.9 Å². The molecule has 1 atom stereocenters. The summed E-state index contributed by atoms with van der Waals surface area (Å²) < 4.78 is 5.42. The molecule has 2 aliphatic rings. The lowest BCUT2D eigenvalue weighted by atomic mass is 9.99. The Morgan fingerprint density at radius 3 is 3.09 bits per heavy atom. The van der Waals surface area contributed by atoms with Crippen molar-refractivity contribution in [2.75, 3.05) is 6.61 Å². The van der Waals surface area contributed by atoms with Crippen LogP contribution in [0.4, 0.5) is 0 Å². The number of carbonyl (C=O) groups excluding carboxylic acids is 1. The lowest BCUT2D eigenvalue weighted by molar-refractivity contribution is 0.0785. The van der Waals surface area contributed by atoms with E-state index in [1.54, 1.807) is 23.1 Å². The first-order valence-corrected chi connectivity index (χ1v) is 8.18. The molecule has 0 fully saturated rings. The Balaban J connectivity index is 1.89. The van der Waals surface area contributed by atoms with Crippen LogP contribution in [0.5, 0.6) is 5.06 Å². The molecule has 0 saturated heterocycles. The minimum Gasteiger partial charge on any atom is -0.507 e. The molecule has 1 radical (unpaired) electrons. The summed E-state index contributed by atoms with van der Waals surface area (Å²) in [5, 5.41) is 10.7. The fourth-order valence-corrected chi connectivity index (χ4v) is 3.75. The van der Waals surface area contributed by atoms with Crippen molar-refractivity contribution in [2.24, 2.45) is 0 Å². The topological polar surface area (TPSA) is 49.8 Å². The third kappa shape index (κ3) is 2.44. The van der Waals surface area contributed by atoms with Gasteiger partial charge >= 0.3 is 0 Å². The van der Waals surface area contributed by atoms with Crippen molar-refractivity contribution in [3.8, 4) is 5.06 Å². The SMILES string of the molecule is CCOc1ccc(C(=O)N2C(C)=[C]C3=C(Cl)C(O)=CCC32)s1. The number of halogens is 1. The standard InChI is InChI=1S/C16H15ClNO3S/c1-3-21-14-7-6-13(22-14)16(20)18-9(2)8-10-11(18)4-5-12(19)15(10)17/h5-7,11,19H,3-4H2,1-2H3. The molecule has 3 rings (SSSR count). The maximum atomic E-state index is 12.8. The second-order valence-electron chi connectivity index (χ2n) is 5.01. The van der Waals surface area contributed by atoms with Gasteiger partial charge in [0.1, 0.15) is 5.76 Å². The third-order valence-corrected chi connectivity index (χ3v) is 5.00. The van der Waals surface area contributed by atoms with Crippen molar-refractivity contribution in [1.29, 1.82) is 0 Å². The highest BCUT2D eigenvalue weighted by molar-refractivity contribution is 7.15. The first-order valence-electron chi connectivity index (χ1n) is 6.98. The van der Waals surface area contributed by atoms with Gasteiger partial charge in [-0.2, -0.15) is 0 Å². The van der Waals surface area contributed by atoms with Gasteiger partial charge in [0.05, 0.1) is 22.6 Å². The highest BCUT2D eigenvalue weighted by Gasteiger charge is 2.37. The summed E-state index contributed by atoms with van der Waals surface area (Å²) >= 11 is 7.45. The number of ether oxygens (including phenoxy) is 1. The highest BCUT2D eigenvalue weighted by atomic mass is 35.5. The Hall–Kier alpha value is -1.72. The summed E-state index contributed by atoms with van der Waals surface area (Å²) in [6.07, 6.45) is 5.27. The number of nitrogens with zero attached hydrogens (tertiary/aromatic N) is 1. The predicted octanol–water partition coefficient (Wildman–Crippen LogP) is 4.02. The van der Waals surface area contributed by atoms with Crippen LogP contribution in [0.2, 0.25) is 0 Å². The molecule has 0 spiro atoms. The Morgan fingerprint density at radius 1 is 1.59 bits per heavy atom. The lowest BCUT2D eigenvalue weighted by Crippen LogP contribution is -2.36. The minimum atomic E-state index is -0.200. The normalized spacial score (nSPS) is 20.7. The van der Waals surface area contributed by atoms with E-state index < -0.39 is 0 Å². The first kappa shape index (κ1) is 15.2. The number of aliphatic hydroxyl groups excluding tert-OH is 1. The molecule has 2 heterocycles. The van der Waals surface area contributed by atoms with Crippen LogP contribution in [-0.4, -0.2) is 28.6 Å². The molecule has 6 heteroatoms. The van der Waals surface area contributed by atoms with Crippen molar-refractivity contribution >= 4 is 28.8 Å². The summed E-state index contributed by atoms with van der Waals surface area (Å²) in [6, 6.07) is 3.37. The molecule has 0 bridgehead atoms. The predicted molar refractivity (Wildman–Crippen MR) is 86.1 cm³/mol. The number of rotatable bonds is 3. The summed E-state index contributed by atoms with van der Waals surface area (Å²) in [5.41, 5.74) is 1.38. The number of fused-ring (bicyclic) bond motifs is 1. The number of amides is 1. The zero-order valence-corrected chi connectivity index (χ0v) is 13.8. The Labute approximate surface area is 138 Å². The Bertz CT molecular complexity index is 717. The highest BCUT2D eigenvalue weighted by Crippen LogP contribution is 2.39. The van der Waals surface area contributed by atoms with E-state index in [0.29, 0.717) is 29.2 Å². The summed E-state index contributed by atoms with van der Waals surface area (Å²) in [4.78, 5) is 15.1. The fourth-order valence-electron chi connectivity index (χ4n) is 2.64. The van der Waals surface area contributed by atoms with E-state index in [-0.39, 0.29) is 22.7 Å². The quantitative estimate of drug-likeness (QED) is 0.907. The molecule has 1 aliphatic heterocycles. The maximum Gasteiger partial charge on any atom is 0.268 e. The van der Waals surface area contributed by atoms with Crippen molar-refractivity contribution in [3.63, 3.8) is 0 Å². The van der Waals surface area contributed by atoms with Gasteiger partial charge in [-0.05, 0) is 38.5 Å². The van der Waals surface area contributed by atoms with Crippen molar-refractivity contribution in [1.82, 2.24) is 4.90 Å². The summed E-state index contributed by atoms with van der Waals surface area (Å²) in [7, 11) is 0. The molecule has 1 amide bonds. The zero-order valence-electron chi connectivity index (χ0n) is 12.2. The molecule has 0 aromatic carbocycles. The van der Waals surface area contributed by atoms with Gasteiger partial charge in [-0.1, -0.05) is 22.9 Å². The molecule has 115 valence electrons. The molecule has 1 unspecified atom stereocenters. The fraction of sp³-hybridized carbons (Fsp3) is 0.312. The van der Waals surface area contributed by atoms with E-state index in [9.17, 15) is 9.90 Å².